The van der Waals surface area contributed by atoms with Gasteiger partial charge in [0.05, 0.1) is 0 Å². The van der Waals surface area contributed by atoms with E-state index in [0.717, 1.165) is 0 Å². The lowest BCUT2D eigenvalue weighted by atomic mass is 10.4. The SMILES string of the molecule is N#Cc1nccnc1NOCC(=O)O. The van der Waals surface area contributed by atoms with Gasteiger partial charge >= 0.3 is 5.97 Å². The summed E-state index contributed by atoms with van der Waals surface area (Å²) in [5.74, 6) is -1.03. The van der Waals surface area contributed by atoms with Crippen molar-refractivity contribution in [2.45, 2.75) is 0 Å². The van der Waals surface area contributed by atoms with Crippen molar-refractivity contribution in [1.29, 1.82) is 5.26 Å². The van der Waals surface area contributed by atoms with E-state index in [1.165, 1.54) is 12.4 Å². The van der Waals surface area contributed by atoms with Crippen LogP contribution in [0.15, 0.2) is 12.4 Å². The minimum Gasteiger partial charge on any atom is -0.479 e. The Labute approximate surface area is 78.9 Å². The highest BCUT2D eigenvalue weighted by Crippen LogP contribution is 2.05. The molecule has 0 bridgehead atoms. The summed E-state index contributed by atoms with van der Waals surface area (Å²) < 4.78 is 0. The lowest BCUT2D eigenvalue weighted by Gasteiger charge is -2.03. The van der Waals surface area contributed by atoms with Gasteiger partial charge in [-0.15, -0.1) is 0 Å². The van der Waals surface area contributed by atoms with Gasteiger partial charge < -0.3 is 5.11 Å². The van der Waals surface area contributed by atoms with Gasteiger partial charge in [0.15, 0.2) is 18.1 Å². The molecule has 0 saturated heterocycles. The number of rotatable bonds is 4. The molecule has 1 aromatic rings. The second-order valence-electron chi connectivity index (χ2n) is 2.15. The number of hydrogen-bond acceptors (Lipinski definition) is 6. The number of carboxylic acid groups (broad SMARTS) is 1. The lowest BCUT2D eigenvalue weighted by Crippen LogP contribution is -2.13. The third-order valence-electron chi connectivity index (χ3n) is 1.17. The second-order valence-corrected chi connectivity index (χ2v) is 2.15. The van der Waals surface area contributed by atoms with Gasteiger partial charge in [-0.25, -0.2) is 20.2 Å². The highest BCUT2D eigenvalue weighted by Gasteiger charge is 2.04. The standard InChI is InChI=1S/C7H6N4O3/c8-3-5-7(10-2-1-9-5)11-14-4-6(12)13/h1-2H,4H2,(H,10,11)(H,12,13). The average Bonchev–Trinajstić information content (AvgIpc) is 2.18. The summed E-state index contributed by atoms with van der Waals surface area (Å²) in [5.41, 5.74) is 2.26. The molecule has 0 saturated carbocycles. The summed E-state index contributed by atoms with van der Waals surface area (Å²) >= 11 is 0. The van der Waals surface area contributed by atoms with E-state index in [1.54, 1.807) is 6.07 Å². The fraction of sp³-hybridized carbons (Fsp3) is 0.143. The van der Waals surface area contributed by atoms with Crippen LogP contribution in [0.1, 0.15) is 5.69 Å². The number of hydrogen-bond donors (Lipinski definition) is 2. The van der Waals surface area contributed by atoms with E-state index in [4.69, 9.17) is 10.4 Å². The van der Waals surface area contributed by atoms with Crippen LogP contribution in [0.5, 0.6) is 0 Å². The van der Waals surface area contributed by atoms with Crippen molar-refractivity contribution >= 4 is 11.8 Å². The molecule has 0 aliphatic rings. The molecule has 0 spiro atoms. The van der Waals surface area contributed by atoms with E-state index in [-0.39, 0.29) is 11.5 Å². The van der Waals surface area contributed by atoms with Gasteiger partial charge in [-0.2, -0.15) is 5.26 Å². The number of anilines is 1. The first-order valence-corrected chi connectivity index (χ1v) is 3.54. The molecular weight excluding hydrogens is 188 g/mol. The Morgan fingerprint density at radius 2 is 2.36 bits per heavy atom. The third kappa shape index (κ3) is 2.69. The van der Waals surface area contributed by atoms with Crippen molar-refractivity contribution in [3.05, 3.63) is 18.1 Å². The number of nitriles is 1. The van der Waals surface area contributed by atoms with Crippen molar-refractivity contribution < 1.29 is 14.7 Å². The lowest BCUT2D eigenvalue weighted by molar-refractivity contribution is -0.141. The molecule has 7 heteroatoms. The zero-order chi connectivity index (χ0) is 10.4. The fourth-order valence-corrected chi connectivity index (χ4v) is 0.661. The van der Waals surface area contributed by atoms with Gasteiger partial charge in [0.1, 0.15) is 6.07 Å². The van der Waals surface area contributed by atoms with Crippen LogP contribution in [0.25, 0.3) is 0 Å². The molecule has 1 rings (SSSR count). The van der Waals surface area contributed by atoms with Crippen LogP contribution in [-0.4, -0.2) is 27.7 Å². The molecule has 72 valence electrons. The van der Waals surface area contributed by atoms with E-state index < -0.39 is 12.6 Å². The van der Waals surface area contributed by atoms with Crippen LogP contribution in [0, 0.1) is 11.3 Å². The van der Waals surface area contributed by atoms with E-state index in [1.807, 2.05) is 0 Å². The maximum atomic E-state index is 10.1. The van der Waals surface area contributed by atoms with Crippen molar-refractivity contribution in [2.24, 2.45) is 0 Å². The first kappa shape index (κ1) is 9.88. The van der Waals surface area contributed by atoms with Gasteiger partial charge in [-0.05, 0) is 0 Å². The molecule has 0 radical (unpaired) electrons. The Balaban J connectivity index is 2.59. The molecular formula is C7H6N4O3. The van der Waals surface area contributed by atoms with Gasteiger partial charge in [0.2, 0.25) is 0 Å². The zero-order valence-electron chi connectivity index (χ0n) is 6.97. The van der Waals surface area contributed by atoms with Crippen LogP contribution >= 0.6 is 0 Å². The summed E-state index contributed by atoms with van der Waals surface area (Å²) in [7, 11) is 0. The predicted octanol–water partition coefficient (Wildman–Crippen LogP) is -0.224. The molecule has 0 aromatic carbocycles. The van der Waals surface area contributed by atoms with Crippen molar-refractivity contribution in [3.63, 3.8) is 0 Å². The molecule has 2 N–H and O–H groups in total. The number of nitrogens with zero attached hydrogens (tertiary/aromatic N) is 3. The molecule has 0 aliphatic heterocycles. The van der Waals surface area contributed by atoms with E-state index >= 15 is 0 Å². The van der Waals surface area contributed by atoms with Crippen LogP contribution in [0.2, 0.25) is 0 Å². The topological polar surface area (TPSA) is 108 Å². The first-order chi connectivity index (χ1) is 6.74. The number of aliphatic carboxylic acids is 1. The van der Waals surface area contributed by atoms with Crippen LogP contribution < -0.4 is 5.48 Å². The normalized spacial score (nSPS) is 9.07. The number of carbonyl (C=O) groups is 1. The molecule has 1 aromatic heterocycles. The average molecular weight is 194 g/mol. The van der Waals surface area contributed by atoms with E-state index in [9.17, 15) is 4.79 Å². The number of aromatic nitrogens is 2. The van der Waals surface area contributed by atoms with Gasteiger partial charge in [0, 0.05) is 12.4 Å². The maximum absolute atomic E-state index is 10.1. The highest BCUT2D eigenvalue weighted by atomic mass is 16.7. The van der Waals surface area contributed by atoms with Gasteiger partial charge in [-0.1, -0.05) is 0 Å². The minimum absolute atomic E-state index is 0.0397. The number of carboxylic acids is 1. The largest absolute Gasteiger partial charge is 0.479 e. The Kier molecular flexibility index (Phi) is 3.34. The highest BCUT2D eigenvalue weighted by molar-refractivity contribution is 5.68. The zero-order valence-corrected chi connectivity index (χ0v) is 6.97. The Bertz CT molecular complexity index is 373. The van der Waals surface area contributed by atoms with Crippen molar-refractivity contribution in [2.75, 3.05) is 12.1 Å². The fourth-order valence-electron chi connectivity index (χ4n) is 0.661. The Morgan fingerprint density at radius 1 is 1.64 bits per heavy atom. The van der Waals surface area contributed by atoms with Crippen LogP contribution in [0.3, 0.4) is 0 Å². The van der Waals surface area contributed by atoms with E-state index in [0.29, 0.717) is 0 Å². The molecule has 0 amide bonds. The van der Waals surface area contributed by atoms with Gasteiger partial charge in [-0.3, -0.25) is 4.84 Å². The van der Waals surface area contributed by atoms with Crippen LogP contribution in [-0.2, 0) is 9.63 Å². The molecule has 14 heavy (non-hydrogen) atoms. The Hall–Kier alpha value is -2.20. The summed E-state index contributed by atoms with van der Waals surface area (Å²) in [5, 5.41) is 16.8. The molecule has 0 aliphatic carbocycles. The smallest absolute Gasteiger partial charge is 0.332 e. The summed E-state index contributed by atoms with van der Waals surface area (Å²) in [6.45, 7) is -0.526. The number of nitrogens with one attached hydrogen (secondary N) is 1. The minimum atomic E-state index is -1.13. The molecule has 1 heterocycles. The molecule has 0 fully saturated rings. The maximum Gasteiger partial charge on any atom is 0.332 e. The Morgan fingerprint density at radius 3 is 3.00 bits per heavy atom. The monoisotopic (exact) mass is 194 g/mol. The molecule has 7 nitrogen and oxygen atoms in total. The van der Waals surface area contributed by atoms with E-state index in [2.05, 4.69) is 20.3 Å². The van der Waals surface area contributed by atoms with Crippen molar-refractivity contribution in [3.8, 4) is 6.07 Å². The molecule has 0 atom stereocenters. The van der Waals surface area contributed by atoms with Crippen LogP contribution in [0.4, 0.5) is 5.82 Å². The second kappa shape index (κ2) is 4.74. The summed E-state index contributed by atoms with van der Waals surface area (Å²) in [4.78, 5) is 22.0. The van der Waals surface area contributed by atoms with Crippen molar-refractivity contribution in [1.82, 2.24) is 9.97 Å². The summed E-state index contributed by atoms with van der Waals surface area (Å²) in [6, 6.07) is 1.77. The third-order valence-corrected chi connectivity index (χ3v) is 1.17. The quantitative estimate of drug-likeness (QED) is 0.637. The first-order valence-electron chi connectivity index (χ1n) is 3.54. The molecule has 0 unspecified atom stereocenters. The predicted molar refractivity (Wildman–Crippen MR) is 44.0 cm³/mol. The van der Waals surface area contributed by atoms with Gasteiger partial charge in [0.25, 0.3) is 0 Å². The summed E-state index contributed by atoms with van der Waals surface area (Å²) in [6.07, 6.45) is 2.70.